The highest BCUT2D eigenvalue weighted by atomic mass is 16.5. The first-order valence-corrected chi connectivity index (χ1v) is 10.1. The molecule has 0 amide bonds. The molecule has 1 atom stereocenters. The summed E-state index contributed by atoms with van der Waals surface area (Å²) < 4.78 is 11.7. The first-order chi connectivity index (χ1) is 13.1. The Bertz CT molecular complexity index is 836. The van der Waals surface area contributed by atoms with Crippen LogP contribution in [0.5, 0.6) is 5.75 Å². The van der Waals surface area contributed by atoms with Gasteiger partial charge in [0.1, 0.15) is 16.9 Å². The molecule has 1 aliphatic heterocycles. The summed E-state index contributed by atoms with van der Waals surface area (Å²) in [6.07, 6.45) is 8.31. The Morgan fingerprint density at radius 1 is 1.19 bits per heavy atom. The summed E-state index contributed by atoms with van der Waals surface area (Å²) in [7, 11) is 0. The zero-order chi connectivity index (χ0) is 19.2. The van der Waals surface area contributed by atoms with E-state index in [1.807, 2.05) is 12.1 Å². The second-order valence-electron chi connectivity index (χ2n) is 7.37. The highest BCUT2D eigenvalue weighted by molar-refractivity contribution is 5.96. The van der Waals surface area contributed by atoms with E-state index < -0.39 is 5.63 Å². The van der Waals surface area contributed by atoms with Crippen molar-refractivity contribution in [1.29, 1.82) is 0 Å². The van der Waals surface area contributed by atoms with Gasteiger partial charge in [0.15, 0.2) is 12.0 Å². The molecule has 0 saturated carbocycles. The first-order valence-electron chi connectivity index (χ1n) is 10.1. The summed E-state index contributed by atoms with van der Waals surface area (Å²) in [4.78, 5) is 26.0. The molecule has 1 aromatic carbocycles. The molecular formula is C22H29NO4. The van der Waals surface area contributed by atoms with E-state index in [2.05, 4.69) is 11.8 Å². The smallest absolute Gasteiger partial charge is 0.347 e. The Hall–Kier alpha value is -2.14. The van der Waals surface area contributed by atoms with Crippen LogP contribution in [0.25, 0.3) is 11.0 Å². The van der Waals surface area contributed by atoms with Crippen LogP contribution in [0.3, 0.4) is 0 Å². The van der Waals surface area contributed by atoms with Crippen LogP contribution in [0.1, 0.15) is 69.2 Å². The first kappa shape index (κ1) is 19.6. The number of rotatable bonds is 8. The minimum Gasteiger partial charge on any atom is -0.475 e. The maximum absolute atomic E-state index is 12.0. The third-order valence-corrected chi connectivity index (χ3v) is 5.21. The van der Waals surface area contributed by atoms with Gasteiger partial charge in [0.25, 0.3) is 0 Å². The summed E-state index contributed by atoms with van der Waals surface area (Å²) in [6.45, 7) is 5.72. The summed E-state index contributed by atoms with van der Waals surface area (Å²) >= 11 is 0. The lowest BCUT2D eigenvalue weighted by molar-refractivity contribution is 0.00485. The van der Waals surface area contributed by atoms with Crippen LogP contribution < -0.4 is 10.4 Å². The molecule has 1 saturated heterocycles. The second kappa shape index (κ2) is 9.18. The average Bonchev–Trinajstić information content (AvgIpc) is 2.67. The van der Waals surface area contributed by atoms with E-state index in [0.29, 0.717) is 11.3 Å². The van der Waals surface area contributed by atoms with Gasteiger partial charge in [-0.05, 0) is 50.8 Å². The number of Topliss-reactive ketones (excluding diaryl/α,β-unsaturated/α-hetero) is 1. The van der Waals surface area contributed by atoms with Crippen LogP contribution >= 0.6 is 0 Å². The summed E-state index contributed by atoms with van der Waals surface area (Å²) in [5, 5.41) is 0.729. The molecule has 5 nitrogen and oxygen atoms in total. The third-order valence-electron chi connectivity index (χ3n) is 5.21. The highest BCUT2D eigenvalue weighted by Gasteiger charge is 2.22. The van der Waals surface area contributed by atoms with Crippen molar-refractivity contribution < 1.29 is 13.9 Å². The molecule has 0 spiro atoms. The third kappa shape index (κ3) is 4.98. The number of likely N-dealkylation sites (tertiary alicyclic amines) is 1. The van der Waals surface area contributed by atoms with Crippen molar-refractivity contribution in [2.75, 3.05) is 13.1 Å². The molecule has 2 aromatic rings. The highest BCUT2D eigenvalue weighted by Crippen LogP contribution is 2.25. The topological polar surface area (TPSA) is 59.8 Å². The average molecular weight is 371 g/mol. The number of benzene rings is 1. The number of nitrogens with zero attached hydrogens (tertiary/aromatic N) is 1. The van der Waals surface area contributed by atoms with Crippen LogP contribution in [-0.4, -0.2) is 30.0 Å². The molecule has 1 aliphatic rings. The van der Waals surface area contributed by atoms with Crippen LogP contribution in [-0.2, 0) is 0 Å². The summed E-state index contributed by atoms with van der Waals surface area (Å²) in [6, 6.07) is 7.09. The minimum atomic E-state index is -0.595. The number of ether oxygens (including phenoxy) is 1. The molecule has 1 fully saturated rings. The van der Waals surface area contributed by atoms with Crippen molar-refractivity contribution >= 4 is 16.8 Å². The number of ketones is 1. The van der Waals surface area contributed by atoms with Crippen molar-refractivity contribution in [2.24, 2.45) is 0 Å². The van der Waals surface area contributed by atoms with Gasteiger partial charge in [-0.2, -0.15) is 0 Å². The van der Waals surface area contributed by atoms with Crippen molar-refractivity contribution in [2.45, 2.75) is 65.0 Å². The fraction of sp³-hybridized carbons (Fsp3) is 0.545. The monoisotopic (exact) mass is 371 g/mol. The van der Waals surface area contributed by atoms with E-state index in [1.54, 1.807) is 12.1 Å². The fourth-order valence-corrected chi connectivity index (χ4v) is 3.66. The fourth-order valence-electron chi connectivity index (χ4n) is 3.66. The molecule has 0 aliphatic carbocycles. The Morgan fingerprint density at radius 2 is 1.96 bits per heavy atom. The summed E-state index contributed by atoms with van der Waals surface area (Å²) in [5.41, 5.74) is -0.0574. The predicted molar refractivity (Wildman–Crippen MR) is 106 cm³/mol. The molecular weight excluding hydrogens is 342 g/mol. The van der Waals surface area contributed by atoms with E-state index in [-0.39, 0.29) is 17.6 Å². The SMILES string of the molecule is CCCCCC(Oc1ccc2cc(C(C)=O)c(=O)oc2c1)N1CCCCC1. The Morgan fingerprint density at radius 3 is 2.67 bits per heavy atom. The lowest BCUT2D eigenvalue weighted by Gasteiger charge is -2.34. The lowest BCUT2D eigenvalue weighted by Crippen LogP contribution is -2.42. The zero-order valence-electron chi connectivity index (χ0n) is 16.3. The van der Waals surface area contributed by atoms with Gasteiger partial charge >= 0.3 is 5.63 Å². The normalized spacial score (nSPS) is 16.4. The molecule has 5 heteroatoms. The molecule has 1 aromatic heterocycles. The van der Waals surface area contributed by atoms with E-state index in [0.717, 1.165) is 31.3 Å². The maximum Gasteiger partial charge on any atom is 0.347 e. The number of hydrogen-bond donors (Lipinski definition) is 0. The Kier molecular flexibility index (Phi) is 6.67. The lowest BCUT2D eigenvalue weighted by atomic mass is 10.1. The molecule has 1 unspecified atom stereocenters. The van der Waals surface area contributed by atoms with Gasteiger partial charge in [0.05, 0.1) is 0 Å². The van der Waals surface area contributed by atoms with E-state index in [1.165, 1.54) is 39.0 Å². The number of carbonyl (C=O) groups excluding carboxylic acids is 1. The Balaban J connectivity index is 1.81. The van der Waals surface area contributed by atoms with Crippen LogP contribution in [0.2, 0.25) is 0 Å². The maximum atomic E-state index is 12.0. The van der Waals surface area contributed by atoms with Gasteiger partial charge < -0.3 is 9.15 Å². The number of unbranched alkanes of at least 4 members (excludes halogenated alkanes) is 2. The van der Waals surface area contributed by atoms with Crippen LogP contribution in [0, 0.1) is 0 Å². The minimum absolute atomic E-state index is 0.0533. The van der Waals surface area contributed by atoms with Crippen molar-refractivity contribution in [3.05, 3.63) is 40.2 Å². The molecule has 27 heavy (non-hydrogen) atoms. The zero-order valence-corrected chi connectivity index (χ0v) is 16.3. The number of carbonyl (C=O) groups is 1. The number of piperidine rings is 1. The van der Waals surface area contributed by atoms with E-state index >= 15 is 0 Å². The van der Waals surface area contributed by atoms with Gasteiger partial charge in [-0.3, -0.25) is 9.69 Å². The predicted octanol–water partition coefficient (Wildman–Crippen LogP) is 4.77. The molecule has 146 valence electrons. The van der Waals surface area contributed by atoms with Crippen molar-refractivity contribution in [3.63, 3.8) is 0 Å². The molecule has 0 N–H and O–H groups in total. The quantitative estimate of drug-likeness (QED) is 0.380. The van der Waals surface area contributed by atoms with Gasteiger partial charge in [-0.1, -0.05) is 26.2 Å². The van der Waals surface area contributed by atoms with Gasteiger partial charge in [0, 0.05) is 24.5 Å². The molecule has 2 heterocycles. The van der Waals surface area contributed by atoms with Crippen molar-refractivity contribution in [3.8, 4) is 5.75 Å². The molecule has 0 bridgehead atoms. The van der Waals surface area contributed by atoms with Gasteiger partial charge in [-0.15, -0.1) is 0 Å². The largest absolute Gasteiger partial charge is 0.475 e. The molecule has 0 radical (unpaired) electrons. The standard InChI is InChI=1S/C22H29NO4/c1-3-4-6-9-21(23-12-7-5-8-13-23)26-18-11-10-17-14-19(16(2)24)22(25)27-20(17)15-18/h10-11,14-15,21H,3-9,12-13H2,1-2H3. The van der Waals surface area contributed by atoms with Crippen LogP contribution in [0.4, 0.5) is 0 Å². The van der Waals surface area contributed by atoms with Gasteiger partial charge in [0.2, 0.25) is 0 Å². The van der Waals surface area contributed by atoms with E-state index in [9.17, 15) is 9.59 Å². The number of fused-ring (bicyclic) bond motifs is 1. The number of hydrogen-bond acceptors (Lipinski definition) is 5. The van der Waals surface area contributed by atoms with Crippen molar-refractivity contribution in [1.82, 2.24) is 4.90 Å². The van der Waals surface area contributed by atoms with Gasteiger partial charge in [-0.25, -0.2) is 4.79 Å². The summed E-state index contributed by atoms with van der Waals surface area (Å²) in [5.74, 6) is 0.417. The van der Waals surface area contributed by atoms with E-state index in [4.69, 9.17) is 9.15 Å². The van der Waals surface area contributed by atoms with Crippen LogP contribution in [0.15, 0.2) is 33.5 Å². The second-order valence-corrected chi connectivity index (χ2v) is 7.37. The Labute approximate surface area is 160 Å². The molecule has 3 rings (SSSR count).